The van der Waals surface area contributed by atoms with Crippen LogP contribution in [-0.2, 0) is 41.1 Å². The van der Waals surface area contributed by atoms with E-state index in [-0.39, 0.29) is 25.8 Å². The molecule has 2 aromatic carbocycles. The summed E-state index contributed by atoms with van der Waals surface area (Å²) >= 11 is 0. The minimum atomic E-state index is -3.36. The van der Waals surface area contributed by atoms with Gasteiger partial charge < -0.3 is 23.8 Å². The van der Waals surface area contributed by atoms with Crippen molar-refractivity contribution in [3.8, 4) is 0 Å². The van der Waals surface area contributed by atoms with E-state index >= 15 is 0 Å². The van der Waals surface area contributed by atoms with E-state index in [1.165, 1.54) is 14.2 Å². The van der Waals surface area contributed by atoms with E-state index in [9.17, 15) is 14.2 Å². The van der Waals surface area contributed by atoms with E-state index in [1.807, 2.05) is 60.7 Å². The van der Waals surface area contributed by atoms with Crippen LogP contribution in [0.4, 0.5) is 4.79 Å². The molecule has 0 unspecified atom stereocenters. The topological polar surface area (TPSA) is 100 Å². The first-order valence-corrected chi connectivity index (χ1v) is 11.1. The van der Waals surface area contributed by atoms with Crippen molar-refractivity contribution >= 4 is 19.7 Å². The average Bonchev–Trinajstić information content (AvgIpc) is 2.80. The van der Waals surface area contributed by atoms with Gasteiger partial charge in [0, 0.05) is 14.2 Å². The quantitative estimate of drug-likeness (QED) is 0.422. The molecule has 0 saturated carbocycles. The first-order valence-electron chi connectivity index (χ1n) is 9.34. The van der Waals surface area contributed by atoms with Crippen molar-refractivity contribution < 1.29 is 32.7 Å². The maximum absolute atomic E-state index is 12.6. The highest BCUT2D eigenvalue weighted by atomic mass is 31.2. The summed E-state index contributed by atoms with van der Waals surface area (Å²) in [5.74, 6) is -0.672. The Morgan fingerprint density at radius 2 is 1.37 bits per heavy atom. The number of benzene rings is 2. The predicted molar refractivity (Wildman–Crippen MR) is 111 cm³/mol. The van der Waals surface area contributed by atoms with Gasteiger partial charge in [0.05, 0.1) is 6.16 Å². The molecule has 0 aromatic heterocycles. The number of hydrogen-bond donors (Lipinski definition) is 1. The van der Waals surface area contributed by atoms with Gasteiger partial charge in [-0.15, -0.1) is 0 Å². The van der Waals surface area contributed by atoms with Crippen molar-refractivity contribution in [2.24, 2.45) is 0 Å². The van der Waals surface area contributed by atoms with Crippen LogP contribution < -0.4 is 5.32 Å². The van der Waals surface area contributed by atoms with Crippen molar-refractivity contribution in [1.29, 1.82) is 0 Å². The summed E-state index contributed by atoms with van der Waals surface area (Å²) in [7, 11) is -0.841. The lowest BCUT2D eigenvalue weighted by Crippen LogP contribution is -2.42. The zero-order valence-electron chi connectivity index (χ0n) is 17.0. The average molecular weight is 435 g/mol. The SMILES string of the molecule is COP(=O)(CC[C@@H](NC(=O)OCc1ccccc1)C(=O)OCc1ccccc1)OC. The summed E-state index contributed by atoms with van der Waals surface area (Å²) in [5.41, 5.74) is 1.61. The van der Waals surface area contributed by atoms with Gasteiger partial charge in [0.15, 0.2) is 0 Å². The summed E-state index contributed by atoms with van der Waals surface area (Å²) < 4.78 is 32.6. The van der Waals surface area contributed by atoms with Gasteiger partial charge in [-0.05, 0) is 17.5 Å². The normalized spacial score (nSPS) is 12.1. The van der Waals surface area contributed by atoms with Crippen molar-refractivity contribution in [3.63, 3.8) is 0 Å². The second kappa shape index (κ2) is 12.1. The highest BCUT2D eigenvalue weighted by Crippen LogP contribution is 2.47. The van der Waals surface area contributed by atoms with Crippen LogP contribution in [0.1, 0.15) is 17.5 Å². The molecule has 9 heteroatoms. The molecule has 1 amide bonds. The number of amides is 1. The number of carbonyl (C=O) groups excluding carboxylic acids is 2. The Labute approximate surface area is 176 Å². The van der Waals surface area contributed by atoms with Gasteiger partial charge in [-0.2, -0.15) is 0 Å². The molecule has 2 aromatic rings. The lowest BCUT2D eigenvalue weighted by atomic mass is 10.2. The molecule has 0 fully saturated rings. The molecule has 0 heterocycles. The van der Waals surface area contributed by atoms with Crippen molar-refractivity contribution in [2.75, 3.05) is 20.4 Å². The highest BCUT2D eigenvalue weighted by Gasteiger charge is 2.29. The van der Waals surface area contributed by atoms with Crippen molar-refractivity contribution in [3.05, 3.63) is 71.8 Å². The maximum atomic E-state index is 12.6. The van der Waals surface area contributed by atoms with Crippen LogP contribution in [0.3, 0.4) is 0 Å². The van der Waals surface area contributed by atoms with Gasteiger partial charge in [-0.25, -0.2) is 9.59 Å². The molecule has 0 aliphatic heterocycles. The maximum Gasteiger partial charge on any atom is 0.408 e. The van der Waals surface area contributed by atoms with Gasteiger partial charge in [-0.3, -0.25) is 4.57 Å². The molecule has 0 saturated heterocycles. The van der Waals surface area contributed by atoms with E-state index in [2.05, 4.69) is 5.32 Å². The van der Waals surface area contributed by atoms with Crippen LogP contribution in [0.15, 0.2) is 60.7 Å². The Bertz CT molecular complexity index is 837. The smallest absolute Gasteiger partial charge is 0.408 e. The van der Waals surface area contributed by atoms with Gasteiger partial charge in [0.1, 0.15) is 19.3 Å². The van der Waals surface area contributed by atoms with Crippen LogP contribution in [0, 0.1) is 0 Å². The molecule has 162 valence electrons. The van der Waals surface area contributed by atoms with Crippen molar-refractivity contribution in [2.45, 2.75) is 25.7 Å². The summed E-state index contributed by atoms with van der Waals surface area (Å²) in [4.78, 5) is 24.8. The second-order valence-corrected chi connectivity index (χ2v) is 8.74. The molecule has 0 bridgehead atoms. The fraction of sp³-hybridized carbons (Fsp3) is 0.333. The Morgan fingerprint density at radius 1 is 0.867 bits per heavy atom. The summed E-state index contributed by atoms with van der Waals surface area (Å²) in [6.45, 7) is 0.0935. The van der Waals surface area contributed by atoms with Crippen LogP contribution in [0.5, 0.6) is 0 Å². The summed E-state index contributed by atoms with van der Waals surface area (Å²) in [5, 5.41) is 2.48. The number of hydrogen-bond acceptors (Lipinski definition) is 7. The standard InChI is InChI=1S/C21H26NO7P/c1-26-30(25,27-2)14-13-19(20(23)28-15-17-9-5-3-6-10-17)22-21(24)29-16-18-11-7-4-8-12-18/h3-12,19H,13-16H2,1-2H3,(H,22,24)/t19-/m1/s1. The summed E-state index contributed by atoms with van der Waals surface area (Å²) in [6, 6.07) is 17.2. The fourth-order valence-electron chi connectivity index (χ4n) is 2.53. The Hall–Kier alpha value is -2.67. The highest BCUT2D eigenvalue weighted by molar-refractivity contribution is 7.53. The molecular formula is C21H26NO7P. The summed E-state index contributed by atoms with van der Waals surface area (Å²) in [6.07, 6.45) is -0.873. The number of ether oxygens (including phenoxy) is 2. The third kappa shape index (κ3) is 7.99. The van der Waals surface area contributed by atoms with Gasteiger partial charge in [0.2, 0.25) is 0 Å². The van der Waals surface area contributed by atoms with E-state index < -0.39 is 25.7 Å². The third-order valence-electron chi connectivity index (χ3n) is 4.26. The first kappa shape index (κ1) is 23.6. The van der Waals surface area contributed by atoms with Crippen LogP contribution in [0.25, 0.3) is 0 Å². The van der Waals surface area contributed by atoms with Gasteiger partial charge in [-0.1, -0.05) is 60.7 Å². The molecule has 0 aliphatic rings. The van der Waals surface area contributed by atoms with E-state index in [1.54, 1.807) is 0 Å². The minimum Gasteiger partial charge on any atom is -0.459 e. The zero-order valence-corrected chi connectivity index (χ0v) is 17.9. The molecule has 1 atom stereocenters. The fourth-order valence-corrected chi connectivity index (χ4v) is 3.62. The van der Waals surface area contributed by atoms with Crippen LogP contribution in [-0.4, -0.2) is 38.5 Å². The zero-order chi connectivity index (χ0) is 21.8. The second-order valence-electron chi connectivity index (χ2n) is 6.34. The largest absolute Gasteiger partial charge is 0.459 e. The van der Waals surface area contributed by atoms with Crippen molar-refractivity contribution in [1.82, 2.24) is 5.32 Å². The van der Waals surface area contributed by atoms with Gasteiger partial charge in [0.25, 0.3) is 0 Å². The Balaban J connectivity index is 1.97. The molecule has 30 heavy (non-hydrogen) atoms. The lowest BCUT2D eigenvalue weighted by Gasteiger charge is -2.20. The molecule has 0 spiro atoms. The lowest BCUT2D eigenvalue weighted by molar-refractivity contribution is -0.147. The number of esters is 1. The monoisotopic (exact) mass is 435 g/mol. The molecule has 0 radical (unpaired) electrons. The predicted octanol–water partition coefficient (Wildman–Crippen LogP) is 3.90. The number of rotatable bonds is 11. The molecule has 1 N–H and O–H groups in total. The van der Waals surface area contributed by atoms with E-state index in [0.29, 0.717) is 0 Å². The Morgan fingerprint density at radius 3 is 1.87 bits per heavy atom. The first-order chi connectivity index (χ1) is 14.5. The minimum absolute atomic E-state index is 0.00693. The molecule has 8 nitrogen and oxygen atoms in total. The Kier molecular flexibility index (Phi) is 9.54. The molecular weight excluding hydrogens is 409 g/mol. The molecule has 2 rings (SSSR count). The van der Waals surface area contributed by atoms with E-state index in [4.69, 9.17) is 18.5 Å². The third-order valence-corrected chi connectivity index (χ3v) is 6.18. The van der Waals surface area contributed by atoms with E-state index in [0.717, 1.165) is 11.1 Å². The number of carbonyl (C=O) groups is 2. The molecule has 0 aliphatic carbocycles. The number of alkyl carbamates (subject to hydrolysis) is 1. The number of nitrogens with one attached hydrogen (secondary N) is 1. The van der Waals surface area contributed by atoms with Crippen LogP contribution in [0.2, 0.25) is 0 Å². The van der Waals surface area contributed by atoms with Gasteiger partial charge >= 0.3 is 19.7 Å². The van der Waals surface area contributed by atoms with Crippen LogP contribution >= 0.6 is 7.60 Å².